The van der Waals surface area contributed by atoms with E-state index < -0.39 is 0 Å². The van der Waals surface area contributed by atoms with Crippen molar-refractivity contribution in [3.63, 3.8) is 0 Å². The molecule has 0 bridgehead atoms. The zero-order chi connectivity index (χ0) is 11.1. The SMILES string of the molecule is CCNCCC(C)N(CC)C1CCCC1. The highest BCUT2D eigenvalue weighted by Gasteiger charge is 2.24. The minimum atomic E-state index is 0.747. The summed E-state index contributed by atoms with van der Waals surface area (Å²) >= 11 is 0. The number of hydrogen-bond acceptors (Lipinski definition) is 2. The van der Waals surface area contributed by atoms with Gasteiger partial charge in [0, 0.05) is 12.1 Å². The van der Waals surface area contributed by atoms with Crippen LogP contribution in [0.25, 0.3) is 0 Å². The van der Waals surface area contributed by atoms with Gasteiger partial charge in [-0.1, -0.05) is 26.7 Å². The van der Waals surface area contributed by atoms with Crippen LogP contribution in [0.4, 0.5) is 0 Å². The fraction of sp³-hybridized carbons (Fsp3) is 1.00. The van der Waals surface area contributed by atoms with E-state index in [0.29, 0.717) is 0 Å². The Morgan fingerprint density at radius 3 is 2.47 bits per heavy atom. The zero-order valence-electron chi connectivity index (χ0n) is 10.8. The predicted molar refractivity (Wildman–Crippen MR) is 67.3 cm³/mol. The quantitative estimate of drug-likeness (QED) is 0.653. The van der Waals surface area contributed by atoms with Crippen LogP contribution in [0, 0.1) is 0 Å². The lowest BCUT2D eigenvalue weighted by Crippen LogP contribution is -2.41. The van der Waals surface area contributed by atoms with Crippen LogP contribution in [0.2, 0.25) is 0 Å². The number of hydrogen-bond donors (Lipinski definition) is 1. The minimum absolute atomic E-state index is 0.747. The monoisotopic (exact) mass is 212 g/mol. The van der Waals surface area contributed by atoms with Crippen molar-refractivity contribution in [3.8, 4) is 0 Å². The summed E-state index contributed by atoms with van der Waals surface area (Å²) in [6.45, 7) is 10.4. The van der Waals surface area contributed by atoms with Crippen molar-refractivity contribution in [1.82, 2.24) is 10.2 Å². The van der Waals surface area contributed by atoms with Crippen molar-refractivity contribution >= 4 is 0 Å². The fourth-order valence-corrected chi connectivity index (χ4v) is 2.82. The summed E-state index contributed by atoms with van der Waals surface area (Å²) in [7, 11) is 0. The molecule has 1 atom stereocenters. The van der Waals surface area contributed by atoms with Gasteiger partial charge in [0.05, 0.1) is 0 Å². The number of rotatable bonds is 7. The molecule has 2 heteroatoms. The third-order valence-electron chi connectivity index (χ3n) is 3.71. The molecule has 0 saturated heterocycles. The molecule has 2 nitrogen and oxygen atoms in total. The Hall–Kier alpha value is -0.0800. The van der Waals surface area contributed by atoms with Crippen LogP contribution >= 0.6 is 0 Å². The largest absolute Gasteiger partial charge is 0.317 e. The molecular weight excluding hydrogens is 184 g/mol. The summed E-state index contributed by atoms with van der Waals surface area (Å²) in [6, 6.07) is 1.63. The first-order valence-electron chi connectivity index (χ1n) is 6.76. The van der Waals surface area contributed by atoms with Crippen LogP contribution in [0.3, 0.4) is 0 Å². The van der Waals surface area contributed by atoms with E-state index in [1.807, 2.05) is 0 Å². The van der Waals surface area contributed by atoms with Crippen LogP contribution in [0.1, 0.15) is 52.9 Å². The second-order valence-corrected chi connectivity index (χ2v) is 4.76. The van der Waals surface area contributed by atoms with E-state index in [9.17, 15) is 0 Å². The van der Waals surface area contributed by atoms with E-state index >= 15 is 0 Å². The normalized spacial score (nSPS) is 20.0. The molecule has 1 fully saturated rings. The van der Waals surface area contributed by atoms with Crippen LogP contribution in [-0.4, -0.2) is 36.6 Å². The molecule has 1 N–H and O–H groups in total. The Balaban J connectivity index is 2.28. The summed E-state index contributed by atoms with van der Waals surface area (Å²) in [4.78, 5) is 2.71. The van der Waals surface area contributed by atoms with Crippen LogP contribution in [0.5, 0.6) is 0 Å². The summed E-state index contributed by atoms with van der Waals surface area (Å²) in [5.41, 5.74) is 0. The molecule has 0 spiro atoms. The third kappa shape index (κ3) is 4.12. The summed E-state index contributed by atoms with van der Waals surface area (Å²) in [6.07, 6.45) is 7.04. The molecule has 0 amide bonds. The van der Waals surface area contributed by atoms with Gasteiger partial charge in [0.25, 0.3) is 0 Å². The fourth-order valence-electron chi connectivity index (χ4n) is 2.82. The molecule has 1 rings (SSSR count). The molecular formula is C13H28N2. The first kappa shape index (κ1) is 13.0. The first-order valence-corrected chi connectivity index (χ1v) is 6.76. The molecule has 0 aromatic rings. The van der Waals surface area contributed by atoms with Gasteiger partial charge in [-0.15, -0.1) is 0 Å². The zero-order valence-corrected chi connectivity index (χ0v) is 10.8. The third-order valence-corrected chi connectivity index (χ3v) is 3.71. The molecule has 1 unspecified atom stereocenters. The maximum absolute atomic E-state index is 3.42. The van der Waals surface area contributed by atoms with E-state index in [1.165, 1.54) is 45.2 Å². The highest BCUT2D eigenvalue weighted by atomic mass is 15.2. The molecule has 1 aliphatic carbocycles. The van der Waals surface area contributed by atoms with Gasteiger partial charge >= 0.3 is 0 Å². The molecule has 1 saturated carbocycles. The topological polar surface area (TPSA) is 15.3 Å². The van der Waals surface area contributed by atoms with E-state index in [1.54, 1.807) is 0 Å². The van der Waals surface area contributed by atoms with Gasteiger partial charge in [-0.25, -0.2) is 0 Å². The van der Waals surface area contributed by atoms with Gasteiger partial charge in [-0.3, -0.25) is 4.90 Å². The van der Waals surface area contributed by atoms with Crippen molar-refractivity contribution in [1.29, 1.82) is 0 Å². The van der Waals surface area contributed by atoms with Crippen molar-refractivity contribution in [2.24, 2.45) is 0 Å². The van der Waals surface area contributed by atoms with Crippen LogP contribution < -0.4 is 5.32 Å². The maximum Gasteiger partial charge on any atom is 0.00979 e. The van der Waals surface area contributed by atoms with Crippen molar-refractivity contribution in [3.05, 3.63) is 0 Å². The van der Waals surface area contributed by atoms with E-state index in [2.05, 4.69) is 31.0 Å². The van der Waals surface area contributed by atoms with Crippen molar-refractivity contribution in [2.45, 2.75) is 65.0 Å². The average molecular weight is 212 g/mol. The predicted octanol–water partition coefficient (Wildman–Crippen LogP) is 2.64. The molecule has 0 aromatic heterocycles. The second-order valence-electron chi connectivity index (χ2n) is 4.76. The average Bonchev–Trinajstić information content (AvgIpc) is 2.73. The maximum atomic E-state index is 3.42. The highest BCUT2D eigenvalue weighted by molar-refractivity contribution is 4.80. The van der Waals surface area contributed by atoms with Crippen LogP contribution in [0.15, 0.2) is 0 Å². The molecule has 90 valence electrons. The summed E-state index contributed by atoms with van der Waals surface area (Å²) in [5, 5.41) is 3.42. The number of nitrogens with one attached hydrogen (secondary N) is 1. The first-order chi connectivity index (χ1) is 7.29. The molecule has 0 radical (unpaired) electrons. The lowest BCUT2D eigenvalue weighted by molar-refractivity contribution is 0.146. The molecule has 0 aliphatic heterocycles. The Kier molecular flexibility index (Phi) is 6.26. The molecule has 1 aliphatic rings. The Labute approximate surface area is 95.4 Å². The summed E-state index contributed by atoms with van der Waals surface area (Å²) < 4.78 is 0. The second kappa shape index (κ2) is 7.24. The van der Waals surface area contributed by atoms with Crippen molar-refractivity contribution in [2.75, 3.05) is 19.6 Å². The van der Waals surface area contributed by atoms with Crippen molar-refractivity contribution < 1.29 is 0 Å². The van der Waals surface area contributed by atoms with Gasteiger partial charge in [0.1, 0.15) is 0 Å². The molecule has 0 heterocycles. The van der Waals surface area contributed by atoms with E-state index in [0.717, 1.165) is 18.6 Å². The Morgan fingerprint density at radius 2 is 1.93 bits per heavy atom. The Morgan fingerprint density at radius 1 is 1.27 bits per heavy atom. The minimum Gasteiger partial charge on any atom is -0.317 e. The van der Waals surface area contributed by atoms with E-state index in [4.69, 9.17) is 0 Å². The standard InChI is InChI=1S/C13H28N2/c1-4-14-11-10-12(3)15(5-2)13-8-6-7-9-13/h12-14H,4-11H2,1-3H3. The van der Waals surface area contributed by atoms with Gasteiger partial charge in [0.2, 0.25) is 0 Å². The lowest BCUT2D eigenvalue weighted by atomic mass is 10.1. The van der Waals surface area contributed by atoms with Gasteiger partial charge in [-0.2, -0.15) is 0 Å². The van der Waals surface area contributed by atoms with Gasteiger partial charge < -0.3 is 5.32 Å². The van der Waals surface area contributed by atoms with Gasteiger partial charge in [0.15, 0.2) is 0 Å². The molecule has 0 aromatic carbocycles. The summed E-state index contributed by atoms with van der Waals surface area (Å²) in [5.74, 6) is 0. The Bertz CT molecular complexity index is 153. The smallest absolute Gasteiger partial charge is 0.00979 e. The number of nitrogens with zero attached hydrogens (tertiary/aromatic N) is 1. The van der Waals surface area contributed by atoms with Gasteiger partial charge in [-0.05, 0) is 45.8 Å². The van der Waals surface area contributed by atoms with Crippen LogP contribution in [-0.2, 0) is 0 Å². The lowest BCUT2D eigenvalue weighted by Gasteiger charge is -2.33. The van der Waals surface area contributed by atoms with E-state index in [-0.39, 0.29) is 0 Å². The molecule has 15 heavy (non-hydrogen) atoms. The highest BCUT2D eigenvalue weighted by Crippen LogP contribution is 2.25.